The van der Waals surface area contributed by atoms with Crippen LogP contribution in [-0.2, 0) is 23.7 Å². The first kappa shape index (κ1) is 27.8. The number of halogens is 4. The number of aromatic nitrogens is 3. The zero-order valence-electron chi connectivity index (χ0n) is 22.2. The van der Waals surface area contributed by atoms with Crippen LogP contribution in [0.3, 0.4) is 0 Å². The second-order valence-electron chi connectivity index (χ2n) is 10.7. The third-order valence-electron chi connectivity index (χ3n) is 7.47. The van der Waals surface area contributed by atoms with Crippen LogP contribution in [0, 0.1) is 23.3 Å². The monoisotopic (exact) mass is 577 g/mol. The van der Waals surface area contributed by atoms with Crippen molar-refractivity contribution in [3.05, 3.63) is 71.4 Å². The van der Waals surface area contributed by atoms with E-state index in [1.807, 2.05) is 0 Å². The smallest absolute Gasteiger partial charge is 0.338 e. The summed E-state index contributed by atoms with van der Waals surface area (Å²) in [6.07, 6.45) is 0.536. The highest BCUT2D eigenvalue weighted by Gasteiger charge is 2.62. The van der Waals surface area contributed by atoms with Crippen molar-refractivity contribution in [2.45, 2.75) is 69.0 Å². The van der Waals surface area contributed by atoms with Crippen molar-refractivity contribution < 1.29 is 46.0 Å². The highest BCUT2D eigenvalue weighted by atomic mass is 19.2. The van der Waals surface area contributed by atoms with Gasteiger partial charge in [0.1, 0.15) is 29.8 Å². The van der Waals surface area contributed by atoms with Gasteiger partial charge in [-0.1, -0.05) is 11.3 Å². The number of hydrogen-bond acceptors (Lipinski definition) is 8. The lowest BCUT2D eigenvalue weighted by atomic mass is 9.85. The lowest BCUT2D eigenvalue weighted by Crippen LogP contribution is -2.69. The molecule has 0 saturated carbocycles. The Morgan fingerprint density at radius 2 is 1.83 bits per heavy atom. The first-order valence-electron chi connectivity index (χ1n) is 13.2. The molecule has 0 N–H and O–H groups in total. The minimum absolute atomic E-state index is 0.0263. The third kappa shape index (κ3) is 5.23. The lowest BCUT2D eigenvalue weighted by Gasteiger charge is -2.55. The Hall–Kier alpha value is -3.39. The van der Waals surface area contributed by atoms with Gasteiger partial charge >= 0.3 is 5.97 Å². The Kier molecular flexibility index (Phi) is 7.09. The van der Waals surface area contributed by atoms with E-state index < -0.39 is 65.2 Å². The van der Waals surface area contributed by atoms with Crippen molar-refractivity contribution >= 4 is 5.97 Å². The van der Waals surface area contributed by atoms with Gasteiger partial charge in [-0.3, -0.25) is 0 Å². The van der Waals surface area contributed by atoms with Crippen LogP contribution in [-0.4, -0.2) is 64.1 Å². The van der Waals surface area contributed by atoms with Crippen LogP contribution in [0.5, 0.6) is 0 Å². The average molecular weight is 578 g/mol. The number of hydrogen-bond donors (Lipinski definition) is 0. The Labute approximate surface area is 232 Å². The van der Waals surface area contributed by atoms with Crippen molar-refractivity contribution in [2.24, 2.45) is 0 Å². The molecule has 3 fully saturated rings. The van der Waals surface area contributed by atoms with Gasteiger partial charge in [-0.15, -0.1) is 5.10 Å². The van der Waals surface area contributed by atoms with Crippen LogP contribution < -0.4 is 0 Å². The Morgan fingerprint density at radius 3 is 2.54 bits per heavy atom. The Bertz CT molecular complexity index is 1440. The molecule has 1 aromatic heterocycles. The van der Waals surface area contributed by atoms with Gasteiger partial charge in [0.2, 0.25) is 5.79 Å². The number of esters is 1. The molecule has 6 rings (SSSR count). The summed E-state index contributed by atoms with van der Waals surface area (Å²) < 4.78 is 87.7. The van der Waals surface area contributed by atoms with E-state index in [1.165, 1.54) is 29.1 Å². The maximum atomic E-state index is 14.0. The van der Waals surface area contributed by atoms with Gasteiger partial charge in [-0.2, -0.15) is 0 Å². The SMILES string of the molecule is CC1(C)OC[C@H]2O[C@@]3(CCCCO3)[C@H](OC(=O)c3cccc(F)c3)[C@@H](n3cc(-c4cc(F)c(F)c(F)c4)nn3)[C@H]2O1. The molecule has 0 bridgehead atoms. The minimum Gasteiger partial charge on any atom is -0.451 e. The molecule has 0 aliphatic carbocycles. The fraction of sp³-hybridized carbons (Fsp3) is 0.464. The zero-order valence-corrected chi connectivity index (χ0v) is 22.2. The number of ether oxygens (including phenoxy) is 5. The highest BCUT2D eigenvalue weighted by molar-refractivity contribution is 5.89. The summed E-state index contributed by atoms with van der Waals surface area (Å²) in [6, 6.07) is 5.75. The van der Waals surface area contributed by atoms with Gasteiger partial charge in [0, 0.05) is 12.0 Å². The first-order chi connectivity index (χ1) is 19.6. The zero-order chi connectivity index (χ0) is 28.9. The van der Waals surface area contributed by atoms with Gasteiger partial charge in [-0.25, -0.2) is 27.0 Å². The molecule has 3 saturated heterocycles. The second kappa shape index (κ2) is 10.5. The molecule has 2 aromatic carbocycles. The van der Waals surface area contributed by atoms with Crippen LogP contribution in [0.1, 0.15) is 49.5 Å². The van der Waals surface area contributed by atoms with Gasteiger partial charge < -0.3 is 23.7 Å². The molecular formula is C28H27F4N3O6. The molecule has 3 aliphatic heterocycles. The summed E-state index contributed by atoms with van der Waals surface area (Å²) in [6.45, 7) is 3.88. The van der Waals surface area contributed by atoms with E-state index in [1.54, 1.807) is 13.8 Å². The van der Waals surface area contributed by atoms with Crippen molar-refractivity contribution in [2.75, 3.05) is 13.2 Å². The Morgan fingerprint density at radius 1 is 1.05 bits per heavy atom. The maximum Gasteiger partial charge on any atom is 0.338 e. The van der Waals surface area contributed by atoms with Crippen LogP contribution in [0.2, 0.25) is 0 Å². The van der Waals surface area contributed by atoms with Crippen LogP contribution in [0.25, 0.3) is 11.3 Å². The number of fused-ring (bicyclic) bond motifs is 1. The maximum absolute atomic E-state index is 14.0. The first-order valence-corrected chi connectivity index (χ1v) is 13.2. The molecule has 13 heteroatoms. The molecule has 4 heterocycles. The molecule has 41 heavy (non-hydrogen) atoms. The van der Waals surface area contributed by atoms with E-state index in [0.717, 1.165) is 24.6 Å². The van der Waals surface area contributed by atoms with Crippen molar-refractivity contribution in [1.82, 2.24) is 15.0 Å². The van der Waals surface area contributed by atoms with Gasteiger partial charge in [0.25, 0.3) is 0 Å². The lowest BCUT2D eigenvalue weighted by molar-refractivity contribution is -0.412. The molecule has 0 amide bonds. The standard InChI is InChI=1S/C28H27F4N3O6/c1-27(2)38-14-21-24(41-27)23(35-13-20(33-34-35)16-11-18(30)22(32)19(31)12-16)25(28(40-21)8-3-4-9-37-28)39-26(36)15-6-5-7-17(29)10-15/h5-7,10-13,21,23-25H,3-4,8-9,14H2,1-2H3/t21-,23+,24+,25-,28+/m1/s1. The molecule has 3 aromatic rings. The molecule has 1 spiro atoms. The number of carbonyl (C=O) groups is 1. The van der Waals surface area contributed by atoms with E-state index in [9.17, 15) is 22.4 Å². The molecular weight excluding hydrogens is 550 g/mol. The fourth-order valence-corrected chi connectivity index (χ4v) is 5.58. The number of benzene rings is 2. The normalized spacial score (nSPS) is 29.2. The molecule has 0 radical (unpaired) electrons. The number of carbonyl (C=O) groups excluding carboxylic acids is 1. The fourth-order valence-electron chi connectivity index (χ4n) is 5.58. The molecule has 5 atom stereocenters. The van der Waals surface area contributed by atoms with Crippen LogP contribution in [0.15, 0.2) is 42.6 Å². The van der Waals surface area contributed by atoms with Crippen molar-refractivity contribution in [1.29, 1.82) is 0 Å². The largest absolute Gasteiger partial charge is 0.451 e. The van der Waals surface area contributed by atoms with Crippen LogP contribution in [0.4, 0.5) is 17.6 Å². The van der Waals surface area contributed by atoms with Gasteiger partial charge in [-0.05, 0) is 57.0 Å². The van der Waals surface area contributed by atoms with Crippen molar-refractivity contribution in [3.8, 4) is 11.3 Å². The summed E-state index contributed by atoms with van der Waals surface area (Å²) in [4.78, 5) is 13.4. The molecule has 218 valence electrons. The second-order valence-corrected chi connectivity index (χ2v) is 10.7. The summed E-state index contributed by atoms with van der Waals surface area (Å²) in [5.74, 6) is -8.30. The van der Waals surface area contributed by atoms with E-state index in [-0.39, 0.29) is 23.4 Å². The van der Waals surface area contributed by atoms with Crippen molar-refractivity contribution in [3.63, 3.8) is 0 Å². The molecule has 3 aliphatic rings. The highest BCUT2D eigenvalue weighted by Crippen LogP contribution is 2.47. The number of rotatable bonds is 4. The van der Waals surface area contributed by atoms with E-state index in [2.05, 4.69) is 10.3 Å². The third-order valence-corrected chi connectivity index (χ3v) is 7.47. The minimum atomic E-state index is -1.60. The van der Waals surface area contributed by atoms with Gasteiger partial charge in [0.15, 0.2) is 29.3 Å². The quantitative estimate of drug-likeness (QED) is 0.250. The van der Waals surface area contributed by atoms with Crippen LogP contribution >= 0.6 is 0 Å². The number of nitrogens with zero attached hydrogens (tertiary/aromatic N) is 3. The van der Waals surface area contributed by atoms with E-state index in [4.69, 9.17) is 23.7 Å². The predicted molar refractivity (Wildman–Crippen MR) is 132 cm³/mol. The van der Waals surface area contributed by atoms with E-state index in [0.29, 0.717) is 19.4 Å². The summed E-state index contributed by atoms with van der Waals surface area (Å²) in [7, 11) is 0. The summed E-state index contributed by atoms with van der Waals surface area (Å²) in [5.41, 5.74) is -0.0472. The topological polar surface area (TPSA) is 93.9 Å². The summed E-state index contributed by atoms with van der Waals surface area (Å²) >= 11 is 0. The Balaban J connectivity index is 1.45. The average Bonchev–Trinajstić information content (AvgIpc) is 3.42. The van der Waals surface area contributed by atoms with Gasteiger partial charge in [0.05, 0.1) is 25.0 Å². The van der Waals surface area contributed by atoms with E-state index >= 15 is 0 Å². The predicted octanol–water partition coefficient (Wildman–Crippen LogP) is 4.72. The summed E-state index contributed by atoms with van der Waals surface area (Å²) in [5, 5.41) is 8.27. The molecule has 9 nitrogen and oxygen atoms in total. The molecule has 0 unspecified atom stereocenters.